The van der Waals surface area contributed by atoms with Crippen molar-refractivity contribution in [2.75, 3.05) is 11.9 Å². The van der Waals surface area contributed by atoms with Crippen LogP contribution < -0.4 is 16.1 Å². The maximum atomic E-state index is 12.7. The molecule has 0 atom stereocenters. The Morgan fingerprint density at radius 1 is 1.00 bits per heavy atom. The summed E-state index contributed by atoms with van der Waals surface area (Å²) in [4.78, 5) is 28.1. The highest BCUT2D eigenvalue weighted by atomic mass is 19.1. The van der Waals surface area contributed by atoms with Gasteiger partial charge in [0.1, 0.15) is 5.82 Å². The Hall–Kier alpha value is -2.93. The van der Waals surface area contributed by atoms with Crippen LogP contribution in [0.15, 0.2) is 54.6 Å². The molecule has 7 heteroatoms. The minimum absolute atomic E-state index is 0.218. The molecule has 2 aromatic rings. The maximum Gasteiger partial charge on any atom is 0.339 e. The number of nitrogens with one attached hydrogen (secondary N) is 3. The summed E-state index contributed by atoms with van der Waals surface area (Å²) in [5, 5.41) is 4.86. The van der Waals surface area contributed by atoms with Gasteiger partial charge in [-0.3, -0.25) is 9.63 Å². The van der Waals surface area contributed by atoms with Crippen molar-refractivity contribution >= 4 is 17.6 Å². The van der Waals surface area contributed by atoms with E-state index in [1.54, 1.807) is 0 Å². The molecule has 3 N–H and O–H groups in total. The first-order valence-corrected chi connectivity index (χ1v) is 6.88. The van der Waals surface area contributed by atoms with Gasteiger partial charge in [-0.25, -0.2) is 14.7 Å². The molecule has 0 fully saturated rings. The highest BCUT2D eigenvalue weighted by Gasteiger charge is 2.06. The van der Waals surface area contributed by atoms with E-state index in [0.29, 0.717) is 5.69 Å². The first-order chi connectivity index (χ1) is 11.1. The second-order valence-electron chi connectivity index (χ2n) is 4.61. The molecule has 3 amide bonds. The Labute approximate surface area is 132 Å². The quantitative estimate of drug-likeness (QED) is 0.715. The molecule has 6 nitrogen and oxygen atoms in total. The number of hydroxylamine groups is 1. The topological polar surface area (TPSA) is 79.5 Å². The minimum atomic E-state index is -0.629. The molecule has 23 heavy (non-hydrogen) atoms. The number of amides is 3. The maximum absolute atomic E-state index is 12.7. The third-order valence-corrected chi connectivity index (χ3v) is 2.78. The summed E-state index contributed by atoms with van der Waals surface area (Å²) in [7, 11) is 0. The molecule has 0 spiro atoms. The Bertz CT molecular complexity index is 647. The molecule has 0 saturated heterocycles. The van der Waals surface area contributed by atoms with Crippen LogP contribution in [0.3, 0.4) is 0 Å². The van der Waals surface area contributed by atoms with E-state index in [1.165, 1.54) is 24.3 Å². The Kier molecular flexibility index (Phi) is 6.07. The highest BCUT2D eigenvalue weighted by Crippen LogP contribution is 2.07. The summed E-state index contributed by atoms with van der Waals surface area (Å²) >= 11 is 0. The van der Waals surface area contributed by atoms with Crippen LogP contribution in [0.4, 0.5) is 14.9 Å². The van der Waals surface area contributed by atoms with Crippen LogP contribution in [0.5, 0.6) is 0 Å². The van der Waals surface area contributed by atoms with Gasteiger partial charge in [0, 0.05) is 5.69 Å². The molecule has 120 valence electrons. The number of anilines is 1. The minimum Gasteiger partial charge on any atom is -0.327 e. The number of hydrogen-bond donors (Lipinski definition) is 3. The van der Waals surface area contributed by atoms with Crippen molar-refractivity contribution in [2.24, 2.45) is 0 Å². The summed E-state index contributed by atoms with van der Waals surface area (Å²) in [6, 6.07) is 14.0. The molecule has 0 radical (unpaired) electrons. The molecule has 2 aromatic carbocycles. The molecule has 2 rings (SSSR count). The number of halogens is 1. The summed E-state index contributed by atoms with van der Waals surface area (Å²) in [6.45, 7) is -0.0199. The first-order valence-electron chi connectivity index (χ1n) is 6.88. The van der Waals surface area contributed by atoms with Crippen molar-refractivity contribution in [1.82, 2.24) is 10.8 Å². The fourth-order valence-electron chi connectivity index (χ4n) is 1.69. The van der Waals surface area contributed by atoms with E-state index in [9.17, 15) is 14.0 Å². The fourth-order valence-corrected chi connectivity index (χ4v) is 1.69. The molecule has 0 bridgehead atoms. The molecule has 0 unspecified atom stereocenters. The van der Waals surface area contributed by atoms with E-state index in [1.807, 2.05) is 30.3 Å². The van der Waals surface area contributed by atoms with Crippen LogP contribution in [0.25, 0.3) is 0 Å². The normalized spacial score (nSPS) is 9.96. The lowest BCUT2D eigenvalue weighted by atomic mass is 10.2. The number of carbonyl (C=O) groups excluding carboxylic acids is 2. The summed E-state index contributed by atoms with van der Waals surface area (Å²) in [6.07, 6.45) is 0. The van der Waals surface area contributed by atoms with Gasteiger partial charge in [0.15, 0.2) is 0 Å². The van der Waals surface area contributed by atoms with E-state index in [-0.39, 0.29) is 13.2 Å². The van der Waals surface area contributed by atoms with Gasteiger partial charge in [0.2, 0.25) is 5.91 Å². The smallest absolute Gasteiger partial charge is 0.327 e. The van der Waals surface area contributed by atoms with Gasteiger partial charge in [0.05, 0.1) is 13.2 Å². The lowest BCUT2D eigenvalue weighted by Gasteiger charge is -2.08. The zero-order chi connectivity index (χ0) is 16.5. The number of rotatable bonds is 6. The first kappa shape index (κ1) is 16.4. The SMILES string of the molecule is O=C(CNC(=O)NOCc1ccccc1)Nc1ccc(F)cc1. The average molecular weight is 317 g/mol. The number of benzene rings is 2. The van der Waals surface area contributed by atoms with Crippen LogP contribution in [-0.4, -0.2) is 18.5 Å². The molecular formula is C16H16FN3O3. The van der Waals surface area contributed by atoms with E-state index >= 15 is 0 Å². The van der Waals surface area contributed by atoms with Gasteiger partial charge < -0.3 is 10.6 Å². The second kappa shape index (κ2) is 8.50. The highest BCUT2D eigenvalue weighted by molar-refractivity contribution is 5.94. The van der Waals surface area contributed by atoms with E-state index in [2.05, 4.69) is 16.1 Å². The predicted octanol–water partition coefficient (Wildman–Crippen LogP) is 2.20. The monoisotopic (exact) mass is 317 g/mol. The molecule has 0 aliphatic rings. The number of urea groups is 1. The lowest BCUT2D eigenvalue weighted by molar-refractivity contribution is -0.115. The van der Waals surface area contributed by atoms with Crippen LogP contribution >= 0.6 is 0 Å². The largest absolute Gasteiger partial charge is 0.339 e. The molecule has 0 aliphatic heterocycles. The standard InChI is InChI=1S/C16H16FN3O3/c17-13-6-8-14(9-7-13)19-15(21)10-18-16(22)20-23-11-12-4-2-1-3-5-12/h1-9H,10-11H2,(H,19,21)(H2,18,20,22). The van der Waals surface area contributed by atoms with Gasteiger partial charge in [-0.1, -0.05) is 30.3 Å². The van der Waals surface area contributed by atoms with Crippen molar-refractivity contribution in [3.05, 3.63) is 66.0 Å². The Morgan fingerprint density at radius 2 is 1.70 bits per heavy atom. The van der Waals surface area contributed by atoms with Crippen molar-refractivity contribution < 1.29 is 18.8 Å². The number of hydrogen-bond acceptors (Lipinski definition) is 3. The van der Waals surface area contributed by atoms with Crippen molar-refractivity contribution in [3.8, 4) is 0 Å². The zero-order valence-corrected chi connectivity index (χ0v) is 12.2. The molecule has 0 aromatic heterocycles. The molecular weight excluding hydrogens is 301 g/mol. The summed E-state index contributed by atoms with van der Waals surface area (Å²) in [5.41, 5.74) is 3.53. The summed E-state index contributed by atoms with van der Waals surface area (Å²) < 4.78 is 12.7. The Balaban J connectivity index is 1.63. The van der Waals surface area contributed by atoms with E-state index in [4.69, 9.17) is 4.84 Å². The third kappa shape index (κ3) is 6.15. The van der Waals surface area contributed by atoms with Gasteiger partial charge in [0.25, 0.3) is 0 Å². The van der Waals surface area contributed by atoms with E-state index < -0.39 is 17.8 Å². The molecule has 0 saturated carbocycles. The van der Waals surface area contributed by atoms with Crippen LogP contribution in [-0.2, 0) is 16.2 Å². The second-order valence-corrected chi connectivity index (χ2v) is 4.61. The van der Waals surface area contributed by atoms with Gasteiger partial charge >= 0.3 is 6.03 Å². The zero-order valence-electron chi connectivity index (χ0n) is 12.2. The predicted molar refractivity (Wildman–Crippen MR) is 82.8 cm³/mol. The Morgan fingerprint density at radius 3 is 2.39 bits per heavy atom. The van der Waals surface area contributed by atoms with Crippen molar-refractivity contribution in [2.45, 2.75) is 6.61 Å². The van der Waals surface area contributed by atoms with Crippen molar-refractivity contribution in [3.63, 3.8) is 0 Å². The number of carbonyl (C=O) groups is 2. The van der Waals surface area contributed by atoms with E-state index in [0.717, 1.165) is 5.56 Å². The molecule has 0 heterocycles. The van der Waals surface area contributed by atoms with Crippen LogP contribution in [0.2, 0.25) is 0 Å². The van der Waals surface area contributed by atoms with Gasteiger partial charge in [-0.15, -0.1) is 0 Å². The third-order valence-electron chi connectivity index (χ3n) is 2.78. The van der Waals surface area contributed by atoms with Gasteiger partial charge in [-0.2, -0.15) is 0 Å². The fraction of sp³-hybridized carbons (Fsp3) is 0.125. The lowest BCUT2D eigenvalue weighted by Crippen LogP contribution is -2.39. The summed E-state index contributed by atoms with van der Waals surface area (Å²) in [5.74, 6) is -0.828. The molecule has 0 aliphatic carbocycles. The van der Waals surface area contributed by atoms with Crippen molar-refractivity contribution in [1.29, 1.82) is 0 Å². The average Bonchev–Trinajstić information content (AvgIpc) is 2.56. The van der Waals surface area contributed by atoms with Gasteiger partial charge in [-0.05, 0) is 29.8 Å². The van der Waals surface area contributed by atoms with Crippen LogP contribution in [0, 0.1) is 5.82 Å². The van der Waals surface area contributed by atoms with Crippen LogP contribution in [0.1, 0.15) is 5.56 Å².